The summed E-state index contributed by atoms with van der Waals surface area (Å²) in [4.78, 5) is 26.1. The molecule has 1 unspecified atom stereocenters. The Kier molecular flexibility index (Phi) is 4.67. The fourth-order valence-electron chi connectivity index (χ4n) is 3.31. The van der Waals surface area contributed by atoms with Crippen LogP contribution in [0.4, 0.5) is 4.79 Å². The van der Waals surface area contributed by atoms with E-state index in [0.717, 1.165) is 18.6 Å². The van der Waals surface area contributed by atoms with Crippen LogP contribution in [-0.2, 0) is 4.79 Å². The van der Waals surface area contributed by atoms with Gasteiger partial charge in [0.2, 0.25) is 0 Å². The molecule has 0 spiro atoms. The highest BCUT2D eigenvalue weighted by atomic mass is 32.1. The quantitative estimate of drug-likeness (QED) is 0.476. The zero-order valence-corrected chi connectivity index (χ0v) is 13.5. The molecule has 20 heavy (non-hydrogen) atoms. The molecule has 2 fully saturated rings. The number of hydrogen-bond donors (Lipinski definition) is 2. The van der Waals surface area contributed by atoms with E-state index >= 15 is 0 Å². The molecule has 1 atom stereocenters. The number of urea groups is 1. The van der Waals surface area contributed by atoms with Gasteiger partial charge in [0.15, 0.2) is 0 Å². The van der Waals surface area contributed by atoms with Crippen molar-refractivity contribution in [2.24, 2.45) is 5.41 Å². The summed E-state index contributed by atoms with van der Waals surface area (Å²) in [6.45, 7) is 4.27. The molecule has 0 aromatic carbocycles. The molecule has 1 saturated carbocycles. The maximum Gasteiger partial charge on any atom is 0.325 e. The average molecular weight is 298 g/mol. The van der Waals surface area contributed by atoms with Crippen molar-refractivity contribution in [3.05, 3.63) is 0 Å². The van der Waals surface area contributed by atoms with E-state index in [2.05, 4.69) is 17.9 Å². The van der Waals surface area contributed by atoms with Gasteiger partial charge in [0.05, 0.1) is 0 Å². The molecule has 0 bridgehead atoms. The van der Waals surface area contributed by atoms with Gasteiger partial charge in [0.1, 0.15) is 5.54 Å². The Morgan fingerprint density at radius 2 is 1.80 bits per heavy atom. The number of carbonyl (C=O) groups is 2. The van der Waals surface area contributed by atoms with Crippen LogP contribution in [0.3, 0.4) is 0 Å². The number of carbonyl (C=O) groups excluding carboxylic acids is 2. The van der Waals surface area contributed by atoms with E-state index in [1.165, 1.54) is 30.6 Å². The van der Waals surface area contributed by atoms with Crippen molar-refractivity contribution >= 4 is 24.6 Å². The van der Waals surface area contributed by atoms with Gasteiger partial charge in [0, 0.05) is 6.54 Å². The molecule has 1 saturated heterocycles. The first-order valence-electron chi connectivity index (χ1n) is 7.71. The van der Waals surface area contributed by atoms with E-state index < -0.39 is 5.54 Å². The molecule has 0 aromatic heterocycles. The molecule has 2 aliphatic rings. The summed E-state index contributed by atoms with van der Waals surface area (Å²) in [6, 6.07) is -0.232. The Morgan fingerprint density at radius 3 is 2.25 bits per heavy atom. The van der Waals surface area contributed by atoms with Gasteiger partial charge in [-0.1, -0.05) is 32.6 Å². The first-order valence-corrected chi connectivity index (χ1v) is 8.35. The lowest BCUT2D eigenvalue weighted by atomic mass is 9.81. The highest BCUT2D eigenvalue weighted by Gasteiger charge is 2.48. The lowest BCUT2D eigenvalue weighted by Crippen LogP contribution is -2.45. The van der Waals surface area contributed by atoms with Gasteiger partial charge >= 0.3 is 6.03 Å². The molecule has 5 heteroatoms. The van der Waals surface area contributed by atoms with E-state index in [-0.39, 0.29) is 17.4 Å². The van der Waals surface area contributed by atoms with Crippen LogP contribution in [0.5, 0.6) is 0 Å². The van der Waals surface area contributed by atoms with Crippen LogP contribution in [0.25, 0.3) is 0 Å². The van der Waals surface area contributed by atoms with Crippen LogP contribution < -0.4 is 5.32 Å². The van der Waals surface area contributed by atoms with Gasteiger partial charge in [-0.2, -0.15) is 12.6 Å². The van der Waals surface area contributed by atoms with Gasteiger partial charge in [-0.3, -0.25) is 9.69 Å². The van der Waals surface area contributed by atoms with Gasteiger partial charge < -0.3 is 5.32 Å². The first-order chi connectivity index (χ1) is 9.46. The molecule has 0 aromatic rings. The Bertz CT molecular complexity index is 391. The Hall–Kier alpha value is -0.710. The van der Waals surface area contributed by atoms with Crippen LogP contribution in [0.1, 0.15) is 58.8 Å². The second-order valence-corrected chi connectivity index (χ2v) is 6.90. The fraction of sp³-hybridized carbons (Fsp3) is 0.867. The van der Waals surface area contributed by atoms with E-state index in [0.29, 0.717) is 13.0 Å². The normalized spacial score (nSPS) is 30.2. The maximum absolute atomic E-state index is 12.5. The lowest BCUT2D eigenvalue weighted by Gasteiger charge is -2.34. The van der Waals surface area contributed by atoms with Crippen molar-refractivity contribution in [1.29, 1.82) is 0 Å². The first kappa shape index (κ1) is 15.7. The Labute approximate surface area is 127 Å². The van der Waals surface area contributed by atoms with Crippen molar-refractivity contribution in [1.82, 2.24) is 10.2 Å². The van der Waals surface area contributed by atoms with E-state index in [9.17, 15) is 9.59 Å². The zero-order valence-electron chi connectivity index (χ0n) is 12.6. The highest BCUT2D eigenvalue weighted by molar-refractivity contribution is 7.80. The second kappa shape index (κ2) is 5.96. The Balaban J connectivity index is 2.15. The van der Waals surface area contributed by atoms with Crippen LogP contribution in [0.15, 0.2) is 0 Å². The highest BCUT2D eigenvalue weighted by Crippen LogP contribution is 2.38. The molecule has 1 heterocycles. The zero-order chi connectivity index (χ0) is 14.8. The topological polar surface area (TPSA) is 49.4 Å². The van der Waals surface area contributed by atoms with E-state index in [1.54, 1.807) is 0 Å². The third-order valence-corrected chi connectivity index (χ3v) is 5.72. The number of hydrogen-bond acceptors (Lipinski definition) is 3. The minimum Gasteiger partial charge on any atom is -0.323 e. The number of rotatable bonds is 4. The molecule has 1 aliphatic heterocycles. The summed E-state index contributed by atoms with van der Waals surface area (Å²) in [5.74, 6) is 0.669. The summed E-state index contributed by atoms with van der Waals surface area (Å²) < 4.78 is 0. The standard InChI is InChI=1S/C15H26N2O2S/c1-3-14(2)12(18)17(13(19)16-14)10-15(11-20)8-6-4-5-7-9-15/h20H,3-11H2,1-2H3,(H,16,19). The summed E-state index contributed by atoms with van der Waals surface area (Å²) in [7, 11) is 0. The third kappa shape index (κ3) is 2.83. The number of thiol groups is 1. The predicted octanol–water partition coefficient (Wildman–Crippen LogP) is 2.98. The maximum atomic E-state index is 12.5. The monoisotopic (exact) mass is 298 g/mol. The van der Waals surface area contributed by atoms with Gasteiger partial charge in [-0.25, -0.2) is 4.79 Å². The number of nitrogens with one attached hydrogen (secondary N) is 1. The van der Waals surface area contributed by atoms with Crippen LogP contribution >= 0.6 is 12.6 Å². The van der Waals surface area contributed by atoms with E-state index in [1.807, 2.05) is 13.8 Å². The van der Waals surface area contributed by atoms with Gasteiger partial charge in [0.25, 0.3) is 5.91 Å². The molecular weight excluding hydrogens is 272 g/mol. The minimum atomic E-state index is -0.723. The SMILES string of the molecule is CCC1(C)NC(=O)N(CC2(CS)CCCCCC2)C1=O. The molecule has 2 rings (SSSR count). The summed E-state index contributed by atoms with van der Waals surface area (Å²) >= 11 is 4.53. The molecule has 1 N–H and O–H groups in total. The van der Waals surface area contributed by atoms with Crippen molar-refractivity contribution in [3.8, 4) is 0 Å². The second-order valence-electron chi connectivity index (χ2n) is 6.58. The molecular formula is C15H26N2O2S. The number of imide groups is 1. The lowest BCUT2D eigenvalue weighted by molar-refractivity contribution is -0.132. The average Bonchev–Trinajstić information content (AvgIpc) is 2.65. The van der Waals surface area contributed by atoms with Crippen molar-refractivity contribution < 1.29 is 9.59 Å². The molecule has 3 amide bonds. The summed E-state index contributed by atoms with van der Waals surface area (Å²) in [5.41, 5.74) is -0.717. The predicted molar refractivity (Wildman–Crippen MR) is 82.9 cm³/mol. The minimum absolute atomic E-state index is 0.00556. The molecule has 114 valence electrons. The molecule has 1 aliphatic carbocycles. The number of amides is 3. The fourth-order valence-corrected chi connectivity index (χ4v) is 3.73. The van der Waals surface area contributed by atoms with Crippen molar-refractivity contribution in [3.63, 3.8) is 0 Å². The molecule has 0 radical (unpaired) electrons. The summed E-state index contributed by atoms with van der Waals surface area (Å²) in [5, 5.41) is 2.84. The van der Waals surface area contributed by atoms with Crippen molar-refractivity contribution in [2.75, 3.05) is 12.3 Å². The van der Waals surface area contributed by atoms with Crippen LogP contribution in [0, 0.1) is 5.41 Å². The molecule has 4 nitrogen and oxygen atoms in total. The Morgan fingerprint density at radius 1 is 1.20 bits per heavy atom. The summed E-state index contributed by atoms with van der Waals surface area (Å²) in [6.07, 6.45) is 7.62. The van der Waals surface area contributed by atoms with Gasteiger partial charge in [-0.15, -0.1) is 0 Å². The third-order valence-electron chi connectivity index (χ3n) is 5.05. The number of nitrogens with zero attached hydrogens (tertiary/aromatic N) is 1. The van der Waals surface area contributed by atoms with Crippen LogP contribution in [0.2, 0.25) is 0 Å². The van der Waals surface area contributed by atoms with Crippen LogP contribution in [-0.4, -0.2) is 34.7 Å². The smallest absolute Gasteiger partial charge is 0.323 e. The van der Waals surface area contributed by atoms with Crippen molar-refractivity contribution in [2.45, 2.75) is 64.3 Å². The van der Waals surface area contributed by atoms with E-state index in [4.69, 9.17) is 0 Å². The van der Waals surface area contributed by atoms with Gasteiger partial charge in [-0.05, 0) is 37.4 Å². The largest absolute Gasteiger partial charge is 0.325 e.